The predicted octanol–water partition coefficient (Wildman–Crippen LogP) is 1.15. The Labute approximate surface area is 157 Å². The van der Waals surface area contributed by atoms with Gasteiger partial charge in [-0.3, -0.25) is 14.4 Å². The van der Waals surface area contributed by atoms with Crippen molar-refractivity contribution in [1.82, 2.24) is 9.80 Å². The second kappa shape index (κ2) is 9.86. The molecule has 0 spiro atoms. The molecule has 0 saturated carbocycles. The smallest absolute Gasteiger partial charge is 0.255 e. The van der Waals surface area contributed by atoms with E-state index in [1.807, 2.05) is 13.8 Å². The van der Waals surface area contributed by atoms with Gasteiger partial charge in [-0.25, -0.2) is 0 Å². The third-order valence-electron chi connectivity index (χ3n) is 3.67. The van der Waals surface area contributed by atoms with E-state index in [0.29, 0.717) is 13.1 Å². The maximum Gasteiger partial charge on any atom is 0.255 e. The van der Waals surface area contributed by atoms with E-state index in [0.717, 1.165) is 0 Å². The highest BCUT2D eigenvalue weighted by Gasteiger charge is 2.21. The van der Waals surface area contributed by atoms with Gasteiger partial charge in [0.25, 0.3) is 11.8 Å². The van der Waals surface area contributed by atoms with E-state index in [1.165, 1.54) is 31.2 Å². The van der Waals surface area contributed by atoms with Crippen LogP contribution in [0, 0.1) is 0 Å². The summed E-state index contributed by atoms with van der Waals surface area (Å²) in [6, 6.07) is 2.82. The number of hydrogen-bond donors (Lipinski definition) is 1. The van der Waals surface area contributed by atoms with Crippen LogP contribution >= 0.6 is 11.6 Å². The van der Waals surface area contributed by atoms with Crippen molar-refractivity contribution in [2.75, 3.05) is 40.4 Å². The molecule has 9 heteroatoms. The SMILES string of the molecule is CCN(CC)C(=O)CN(C)C(=O)c1cc(Cl)c(OCC(N)=O)c(OC)c1. The molecule has 0 bridgehead atoms. The molecule has 0 unspecified atom stereocenters. The van der Waals surface area contributed by atoms with Gasteiger partial charge in [0, 0.05) is 25.7 Å². The first-order valence-corrected chi connectivity index (χ1v) is 8.44. The molecular formula is C17H24ClN3O5. The van der Waals surface area contributed by atoms with Crippen LogP contribution in [-0.2, 0) is 9.59 Å². The first-order chi connectivity index (χ1) is 12.2. The second-order valence-corrected chi connectivity index (χ2v) is 5.88. The van der Waals surface area contributed by atoms with Gasteiger partial charge in [0.1, 0.15) is 0 Å². The van der Waals surface area contributed by atoms with E-state index in [1.54, 1.807) is 4.90 Å². The number of hydrogen-bond acceptors (Lipinski definition) is 5. The Morgan fingerprint density at radius 1 is 1.19 bits per heavy atom. The molecule has 0 radical (unpaired) electrons. The molecule has 0 atom stereocenters. The van der Waals surface area contributed by atoms with Gasteiger partial charge in [0.05, 0.1) is 18.7 Å². The summed E-state index contributed by atoms with van der Waals surface area (Å²) in [5.41, 5.74) is 5.28. The zero-order valence-electron chi connectivity index (χ0n) is 15.4. The predicted molar refractivity (Wildman–Crippen MR) is 97.6 cm³/mol. The van der Waals surface area contributed by atoms with Crippen molar-refractivity contribution < 1.29 is 23.9 Å². The molecule has 0 aliphatic carbocycles. The highest BCUT2D eigenvalue weighted by molar-refractivity contribution is 6.32. The van der Waals surface area contributed by atoms with Gasteiger partial charge < -0.3 is 25.0 Å². The summed E-state index contributed by atoms with van der Waals surface area (Å²) in [5, 5.41) is 0.0948. The number of nitrogens with two attached hydrogens (primary N) is 1. The van der Waals surface area contributed by atoms with Crippen molar-refractivity contribution in [3.63, 3.8) is 0 Å². The standard InChI is InChI=1S/C17H24ClN3O5/c1-5-21(6-2)15(23)9-20(3)17(24)11-7-12(18)16(13(8-11)25-4)26-10-14(19)22/h7-8H,5-6,9-10H2,1-4H3,(H2,19,22). The summed E-state index contributed by atoms with van der Waals surface area (Å²) >= 11 is 6.14. The number of halogens is 1. The number of nitrogens with zero attached hydrogens (tertiary/aromatic N) is 2. The summed E-state index contributed by atoms with van der Waals surface area (Å²) in [6.45, 7) is 4.46. The van der Waals surface area contributed by atoms with Gasteiger partial charge in [-0.15, -0.1) is 0 Å². The number of likely N-dealkylation sites (N-methyl/N-ethyl adjacent to an activating group) is 2. The van der Waals surface area contributed by atoms with Crippen LogP contribution in [0.25, 0.3) is 0 Å². The van der Waals surface area contributed by atoms with Crippen molar-refractivity contribution in [2.45, 2.75) is 13.8 Å². The number of primary amides is 1. The van der Waals surface area contributed by atoms with Crippen molar-refractivity contribution in [2.24, 2.45) is 5.73 Å². The maximum atomic E-state index is 12.6. The van der Waals surface area contributed by atoms with Crippen LogP contribution in [0.15, 0.2) is 12.1 Å². The molecule has 0 saturated heterocycles. The minimum absolute atomic E-state index is 0.0552. The van der Waals surface area contributed by atoms with Gasteiger partial charge in [-0.05, 0) is 26.0 Å². The monoisotopic (exact) mass is 385 g/mol. The Balaban J connectivity index is 3.00. The Morgan fingerprint density at radius 2 is 1.81 bits per heavy atom. The normalized spacial score (nSPS) is 10.2. The van der Waals surface area contributed by atoms with Gasteiger partial charge in [0.2, 0.25) is 5.91 Å². The number of amides is 3. The minimum Gasteiger partial charge on any atom is -0.493 e. The Kier molecular flexibility index (Phi) is 8.18. The summed E-state index contributed by atoms with van der Waals surface area (Å²) in [4.78, 5) is 38.6. The number of ether oxygens (including phenoxy) is 2. The number of benzene rings is 1. The van der Waals surface area contributed by atoms with Crippen LogP contribution in [0.4, 0.5) is 0 Å². The Bertz CT molecular complexity index is 677. The summed E-state index contributed by atoms with van der Waals surface area (Å²) in [7, 11) is 2.91. The van der Waals surface area contributed by atoms with E-state index in [4.69, 9.17) is 26.8 Å². The zero-order valence-corrected chi connectivity index (χ0v) is 16.1. The van der Waals surface area contributed by atoms with Crippen LogP contribution in [0.2, 0.25) is 5.02 Å². The second-order valence-electron chi connectivity index (χ2n) is 5.47. The fourth-order valence-corrected chi connectivity index (χ4v) is 2.56. The van der Waals surface area contributed by atoms with Crippen molar-refractivity contribution >= 4 is 29.3 Å². The van der Waals surface area contributed by atoms with E-state index >= 15 is 0 Å². The van der Waals surface area contributed by atoms with Crippen LogP contribution in [-0.4, -0.2) is 67.9 Å². The van der Waals surface area contributed by atoms with E-state index in [9.17, 15) is 14.4 Å². The molecule has 3 amide bonds. The van der Waals surface area contributed by atoms with Crippen molar-refractivity contribution in [3.8, 4) is 11.5 Å². The molecule has 1 aromatic rings. The molecule has 0 aromatic heterocycles. The average Bonchev–Trinajstić information content (AvgIpc) is 2.60. The third kappa shape index (κ3) is 5.52. The number of carbonyl (C=O) groups is 3. The molecule has 0 fully saturated rings. The highest BCUT2D eigenvalue weighted by atomic mass is 35.5. The molecular weight excluding hydrogens is 362 g/mol. The van der Waals surface area contributed by atoms with Gasteiger partial charge in [0.15, 0.2) is 18.1 Å². The van der Waals surface area contributed by atoms with Crippen LogP contribution in [0.5, 0.6) is 11.5 Å². The quantitative estimate of drug-likeness (QED) is 0.687. The van der Waals surface area contributed by atoms with Crippen molar-refractivity contribution in [3.05, 3.63) is 22.7 Å². The lowest BCUT2D eigenvalue weighted by molar-refractivity contribution is -0.131. The molecule has 144 valence electrons. The molecule has 1 rings (SSSR count). The van der Waals surface area contributed by atoms with Crippen molar-refractivity contribution in [1.29, 1.82) is 0 Å². The topological polar surface area (TPSA) is 102 Å². The number of rotatable bonds is 9. The molecule has 0 heterocycles. The van der Waals surface area contributed by atoms with Gasteiger partial charge in [-0.2, -0.15) is 0 Å². The fourth-order valence-electron chi connectivity index (χ4n) is 2.30. The highest BCUT2D eigenvalue weighted by Crippen LogP contribution is 2.36. The minimum atomic E-state index is -0.669. The number of carbonyl (C=O) groups excluding carboxylic acids is 3. The summed E-state index contributed by atoms with van der Waals surface area (Å²) < 4.78 is 10.4. The van der Waals surface area contributed by atoms with Crippen LogP contribution in [0.3, 0.4) is 0 Å². The molecule has 8 nitrogen and oxygen atoms in total. The summed E-state index contributed by atoms with van der Waals surface area (Å²) in [5.74, 6) is -0.910. The van der Waals surface area contributed by atoms with E-state index in [-0.39, 0.29) is 41.1 Å². The molecule has 0 aliphatic heterocycles. The first-order valence-electron chi connectivity index (χ1n) is 8.06. The fraction of sp³-hybridized carbons (Fsp3) is 0.471. The molecule has 0 aliphatic rings. The molecule has 1 aromatic carbocycles. The molecule has 2 N–H and O–H groups in total. The van der Waals surface area contributed by atoms with Crippen LogP contribution < -0.4 is 15.2 Å². The molecule has 26 heavy (non-hydrogen) atoms. The van der Waals surface area contributed by atoms with Gasteiger partial charge in [-0.1, -0.05) is 11.6 Å². The van der Waals surface area contributed by atoms with E-state index in [2.05, 4.69) is 0 Å². The van der Waals surface area contributed by atoms with Crippen LogP contribution in [0.1, 0.15) is 24.2 Å². The number of methoxy groups -OCH3 is 1. The lowest BCUT2D eigenvalue weighted by Gasteiger charge is -2.23. The third-order valence-corrected chi connectivity index (χ3v) is 3.95. The lowest BCUT2D eigenvalue weighted by Crippen LogP contribution is -2.41. The first kappa shape index (κ1) is 21.6. The zero-order chi connectivity index (χ0) is 19.9. The largest absolute Gasteiger partial charge is 0.493 e. The maximum absolute atomic E-state index is 12.6. The van der Waals surface area contributed by atoms with E-state index < -0.39 is 11.8 Å². The average molecular weight is 386 g/mol. The van der Waals surface area contributed by atoms with Gasteiger partial charge >= 0.3 is 0 Å². The Morgan fingerprint density at radius 3 is 2.31 bits per heavy atom. The summed E-state index contributed by atoms with van der Waals surface area (Å²) in [6.07, 6.45) is 0. The Hall–Kier alpha value is -2.48. The lowest BCUT2D eigenvalue weighted by atomic mass is 10.1.